The molecule has 0 amide bonds. The molecule has 0 unspecified atom stereocenters. The minimum Gasteiger partial charge on any atom is -0.477 e. The molecule has 0 saturated carbocycles. The van der Waals surface area contributed by atoms with E-state index in [1.165, 1.54) is 18.5 Å². The number of hydrogen-bond acceptors (Lipinski definition) is 6. The van der Waals surface area contributed by atoms with Crippen LogP contribution in [0.5, 0.6) is 0 Å². The SMILES string of the molecule is C=C/C(=C\C=C(/C)Nc1ncnc2sc(C(=O)O)cc12)OC(F)(F)F. The molecule has 132 valence electrons. The van der Waals surface area contributed by atoms with Gasteiger partial charge in [-0.25, -0.2) is 14.8 Å². The van der Waals surface area contributed by atoms with E-state index in [1.54, 1.807) is 6.92 Å². The first-order chi connectivity index (χ1) is 11.7. The van der Waals surface area contributed by atoms with E-state index in [2.05, 4.69) is 26.6 Å². The number of allylic oxidation sites excluding steroid dienone is 4. The van der Waals surface area contributed by atoms with Crippen LogP contribution in [0.3, 0.4) is 0 Å². The van der Waals surface area contributed by atoms with E-state index in [0.29, 0.717) is 21.7 Å². The summed E-state index contributed by atoms with van der Waals surface area (Å²) in [7, 11) is 0. The predicted octanol–water partition coefficient (Wildman–Crippen LogP) is 4.31. The molecule has 2 rings (SSSR count). The Morgan fingerprint density at radius 1 is 1.40 bits per heavy atom. The van der Waals surface area contributed by atoms with E-state index < -0.39 is 18.1 Å². The Morgan fingerprint density at radius 3 is 2.72 bits per heavy atom. The third-order valence-corrected chi connectivity index (χ3v) is 3.82. The molecule has 0 fully saturated rings. The summed E-state index contributed by atoms with van der Waals surface area (Å²) in [6.07, 6.45) is -0.174. The normalized spacial score (nSPS) is 13.0. The van der Waals surface area contributed by atoms with Crippen LogP contribution >= 0.6 is 11.3 Å². The van der Waals surface area contributed by atoms with Crippen molar-refractivity contribution in [1.82, 2.24) is 9.97 Å². The van der Waals surface area contributed by atoms with Gasteiger partial charge in [-0.05, 0) is 31.2 Å². The third-order valence-electron chi connectivity index (χ3n) is 2.79. The standard InChI is InChI=1S/C15H12F3N3O3S/c1-3-9(24-15(16,17)18)5-4-8(2)21-12-10-6-11(14(22)23)25-13(10)20-7-19-12/h3-7H,1H2,2H3,(H,22,23)(H,19,20,21)/b8-4+,9-5+. The second-order valence-corrected chi connectivity index (χ2v) is 5.68. The van der Waals surface area contributed by atoms with Crippen molar-refractivity contribution in [2.24, 2.45) is 0 Å². The largest absolute Gasteiger partial charge is 0.573 e. The van der Waals surface area contributed by atoms with Gasteiger partial charge in [-0.15, -0.1) is 24.5 Å². The van der Waals surface area contributed by atoms with Crippen LogP contribution in [-0.2, 0) is 4.74 Å². The molecule has 0 atom stereocenters. The van der Waals surface area contributed by atoms with E-state index >= 15 is 0 Å². The number of nitrogens with zero attached hydrogens (tertiary/aromatic N) is 2. The highest BCUT2D eigenvalue weighted by Crippen LogP contribution is 2.28. The van der Waals surface area contributed by atoms with E-state index in [0.717, 1.165) is 23.5 Å². The van der Waals surface area contributed by atoms with E-state index in [1.807, 2.05) is 0 Å². The number of hydrogen-bond donors (Lipinski definition) is 2. The zero-order valence-corrected chi connectivity index (χ0v) is 13.6. The number of aromatic nitrogens is 2. The fraction of sp³-hybridized carbons (Fsp3) is 0.133. The van der Waals surface area contributed by atoms with Crippen LogP contribution in [-0.4, -0.2) is 27.4 Å². The summed E-state index contributed by atoms with van der Waals surface area (Å²) in [4.78, 5) is 19.6. The zero-order chi connectivity index (χ0) is 18.6. The first-order valence-corrected chi connectivity index (χ1v) is 7.53. The first-order valence-electron chi connectivity index (χ1n) is 6.71. The average molecular weight is 371 g/mol. The molecule has 0 saturated heterocycles. The summed E-state index contributed by atoms with van der Waals surface area (Å²) >= 11 is 0.995. The molecule has 2 heterocycles. The molecule has 2 aromatic heterocycles. The lowest BCUT2D eigenvalue weighted by Gasteiger charge is -2.09. The predicted molar refractivity (Wildman–Crippen MR) is 87.2 cm³/mol. The number of aromatic carboxylic acids is 1. The van der Waals surface area contributed by atoms with E-state index in [9.17, 15) is 18.0 Å². The number of fused-ring (bicyclic) bond motifs is 1. The van der Waals surface area contributed by atoms with Crippen LogP contribution in [0.4, 0.5) is 19.0 Å². The smallest absolute Gasteiger partial charge is 0.477 e. The molecular formula is C15H12F3N3O3S. The minimum atomic E-state index is -4.81. The number of alkyl halides is 3. The number of nitrogens with one attached hydrogen (secondary N) is 1. The molecule has 6 nitrogen and oxygen atoms in total. The molecule has 0 aliphatic rings. The van der Waals surface area contributed by atoms with Gasteiger partial charge in [-0.1, -0.05) is 6.58 Å². The number of halogens is 3. The second-order valence-electron chi connectivity index (χ2n) is 4.65. The lowest BCUT2D eigenvalue weighted by atomic mass is 10.3. The van der Waals surface area contributed by atoms with Crippen molar-refractivity contribution in [2.45, 2.75) is 13.3 Å². The van der Waals surface area contributed by atoms with Gasteiger partial charge >= 0.3 is 12.3 Å². The number of thiophene rings is 1. The molecule has 10 heteroatoms. The van der Waals surface area contributed by atoms with Gasteiger partial charge in [-0.2, -0.15) is 0 Å². The van der Waals surface area contributed by atoms with Gasteiger partial charge in [0.1, 0.15) is 27.6 Å². The molecule has 0 bridgehead atoms. The first kappa shape index (κ1) is 18.5. The molecule has 2 aromatic rings. The summed E-state index contributed by atoms with van der Waals surface area (Å²) in [5.74, 6) is -1.21. The fourth-order valence-corrected chi connectivity index (χ4v) is 2.61. The summed E-state index contributed by atoms with van der Waals surface area (Å²) in [6.45, 7) is 4.85. The Balaban J connectivity index is 2.25. The highest BCUT2D eigenvalue weighted by molar-refractivity contribution is 7.20. The molecule has 0 aromatic carbocycles. The molecule has 0 aliphatic carbocycles. The Labute approximate surface area is 144 Å². The van der Waals surface area contributed by atoms with Crippen molar-refractivity contribution < 1.29 is 27.8 Å². The number of carboxylic acid groups (broad SMARTS) is 1. The number of carbonyl (C=O) groups is 1. The van der Waals surface area contributed by atoms with Crippen molar-refractivity contribution in [2.75, 3.05) is 5.32 Å². The Kier molecular flexibility index (Phi) is 5.42. The summed E-state index contributed by atoms with van der Waals surface area (Å²) in [5.41, 5.74) is 0.452. The zero-order valence-electron chi connectivity index (χ0n) is 12.8. The van der Waals surface area contributed by atoms with Crippen LogP contribution in [0.2, 0.25) is 0 Å². The van der Waals surface area contributed by atoms with Crippen LogP contribution in [0.15, 0.2) is 48.7 Å². The van der Waals surface area contributed by atoms with Crippen molar-refractivity contribution in [3.8, 4) is 0 Å². The Bertz CT molecular complexity index is 872. The monoisotopic (exact) mass is 371 g/mol. The third kappa shape index (κ3) is 5.05. The van der Waals surface area contributed by atoms with Crippen molar-refractivity contribution in [3.05, 3.63) is 53.5 Å². The summed E-state index contributed by atoms with van der Waals surface area (Å²) in [5, 5.41) is 12.4. The Hall–Kier alpha value is -2.88. The van der Waals surface area contributed by atoms with Gasteiger partial charge in [0, 0.05) is 5.70 Å². The summed E-state index contributed by atoms with van der Waals surface area (Å²) < 4.78 is 40.4. The molecule has 0 spiro atoms. The lowest BCUT2D eigenvalue weighted by molar-refractivity contribution is -0.303. The summed E-state index contributed by atoms with van der Waals surface area (Å²) in [6, 6.07) is 1.43. The number of anilines is 1. The highest BCUT2D eigenvalue weighted by Gasteiger charge is 2.31. The second kappa shape index (κ2) is 7.34. The number of carboxylic acids is 1. The number of ether oxygens (including phenoxy) is 1. The van der Waals surface area contributed by atoms with E-state index in [-0.39, 0.29) is 4.88 Å². The van der Waals surface area contributed by atoms with Gasteiger partial charge in [0.15, 0.2) is 0 Å². The topological polar surface area (TPSA) is 84.3 Å². The van der Waals surface area contributed by atoms with E-state index in [4.69, 9.17) is 5.11 Å². The lowest BCUT2D eigenvalue weighted by Crippen LogP contribution is -2.11. The molecule has 0 aliphatic heterocycles. The fourth-order valence-electron chi connectivity index (χ4n) is 1.77. The maximum Gasteiger partial charge on any atom is 0.573 e. The molecule has 2 N–H and O–H groups in total. The van der Waals surface area contributed by atoms with Gasteiger partial charge in [0.2, 0.25) is 0 Å². The average Bonchev–Trinajstić information content (AvgIpc) is 2.96. The van der Waals surface area contributed by atoms with Crippen molar-refractivity contribution in [1.29, 1.82) is 0 Å². The van der Waals surface area contributed by atoms with Gasteiger partial charge in [-0.3, -0.25) is 0 Å². The molecule has 25 heavy (non-hydrogen) atoms. The number of rotatable bonds is 6. The van der Waals surface area contributed by atoms with Crippen molar-refractivity contribution in [3.63, 3.8) is 0 Å². The van der Waals surface area contributed by atoms with Crippen LogP contribution in [0, 0.1) is 0 Å². The minimum absolute atomic E-state index is 0.104. The highest BCUT2D eigenvalue weighted by atomic mass is 32.1. The maximum absolute atomic E-state index is 12.2. The van der Waals surface area contributed by atoms with Crippen LogP contribution < -0.4 is 5.32 Å². The van der Waals surface area contributed by atoms with Gasteiger partial charge < -0.3 is 15.2 Å². The van der Waals surface area contributed by atoms with Crippen LogP contribution in [0.25, 0.3) is 10.2 Å². The molecule has 0 radical (unpaired) electrons. The maximum atomic E-state index is 12.2. The van der Waals surface area contributed by atoms with Gasteiger partial charge in [0.25, 0.3) is 0 Å². The van der Waals surface area contributed by atoms with Gasteiger partial charge in [0.05, 0.1) is 5.39 Å². The van der Waals surface area contributed by atoms with Crippen molar-refractivity contribution >= 4 is 33.3 Å². The Morgan fingerprint density at radius 2 is 2.12 bits per heavy atom. The van der Waals surface area contributed by atoms with Crippen LogP contribution in [0.1, 0.15) is 16.6 Å². The molecular weight excluding hydrogens is 359 g/mol. The quantitative estimate of drug-likeness (QED) is 0.581.